The lowest BCUT2D eigenvalue weighted by Gasteiger charge is -2.21. The van der Waals surface area contributed by atoms with Crippen molar-refractivity contribution in [1.82, 2.24) is 0 Å². The van der Waals surface area contributed by atoms with Gasteiger partial charge < -0.3 is 4.74 Å². The summed E-state index contributed by atoms with van der Waals surface area (Å²) in [4.78, 5) is 1.25. The van der Waals surface area contributed by atoms with Gasteiger partial charge in [0.05, 0.1) is 6.10 Å². The summed E-state index contributed by atoms with van der Waals surface area (Å²) in [6, 6.07) is 6.61. The molecule has 88 valence electrons. The summed E-state index contributed by atoms with van der Waals surface area (Å²) in [5.74, 6) is 1.07. The van der Waals surface area contributed by atoms with E-state index in [1.165, 1.54) is 23.3 Å². The van der Waals surface area contributed by atoms with Crippen LogP contribution in [0.4, 0.5) is 0 Å². The Morgan fingerprint density at radius 2 is 1.94 bits per heavy atom. The fraction of sp³-hybridized carbons (Fsp3) is 0.571. The van der Waals surface area contributed by atoms with Crippen molar-refractivity contribution in [2.24, 2.45) is 0 Å². The third-order valence-corrected chi connectivity index (χ3v) is 3.62. The Hall–Kier alpha value is -0.630. The minimum Gasteiger partial charge on any atom is -0.489 e. The third-order valence-electron chi connectivity index (χ3n) is 2.85. The maximum Gasteiger partial charge on any atom is 0.133 e. The Labute approximate surface area is 103 Å². The van der Waals surface area contributed by atoms with Crippen LogP contribution >= 0.6 is 11.8 Å². The fourth-order valence-electron chi connectivity index (χ4n) is 1.60. The molecule has 0 N–H and O–H groups in total. The summed E-state index contributed by atoms with van der Waals surface area (Å²) in [6.45, 7) is 6.71. The molecular formula is C14H20OS. The van der Waals surface area contributed by atoms with E-state index in [1.807, 2.05) is 0 Å². The van der Waals surface area contributed by atoms with Gasteiger partial charge in [0.1, 0.15) is 5.75 Å². The molecule has 0 atom stereocenters. The van der Waals surface area contributed by atoms with Gasteiger partial charge in [0.25, 0.3) is 0 Å². The highest BCUT2D eigenvalue weighted by atomic mass is 32.2. The molecule has 0 amide bonds. The number of hydrogen-bond donors (Lipinski definition) is 0. The molecule has 0 spiro atoms. The summed E-state index contributed by atoms with van der Waals surface area (Å²) >= 11 is 1.76. The number of thioether (sulfide) groups is 1. The summed E-state index contributed by atoms with van der Waals surface area (Å²) in [7, 11) is 0. The SMILES string of the molecule is CSc1ccc(C(C)(C)C)cc1OC1CC1. The second-order valence-corrected chi connectivity index (χ2v) is 6.28. The van der Waals surface area contributed by atoms with Crippen molar-refractivity contribution >= 4 is 11.8 Å². The minimum atomic E-state index is 0.193. The van der Waals surface area contributed by atoms with E-state index >= 15 is 0 Å². The van der Waals surface area contributed by atoms with Crippen LogP contribution in [0.15, 0.2) is 23.1 Å². The average Bonchev–Trinajstić information content (AvgIpc) is 3.00. The van der Waals surface area contributed by atoms with Gasteiger partial charge in [-0.25, -0.2) is 0 Å². The predicted molar refractivity (Wildman–Crippen MR) is 70.6 cm³/mol. The van der Waals surface area contributed by atoms with Crippen molar-refractivity contribution in [2.75, 3.05) is 6.26 Å². The zero-order chi connectivity index (χ0) is 11.8. The second-order valence-electron chi connectivity index (χ2n) is 5.43. The molecule has 0 unspecified atom stereocenters. The van der Waals surface area contributed by atoms with E-state index in [9.17, 15) is 0 Å². The van der Waals surface area contributed by atoms with Gasteiger partial charge in [0, 0.05) is 4.90 Å². The molecule has 0 radical (unpaired) electrons. The standard InChI is InChI=1S/C14H20OS/c1-14(2,3)10-5-8-13(16-4)12(9-10)15-11-6-7-11/h5,8-9,11H,6-7H2,1-4H3. The topological polar surface area (TPSA) is 9.23 Å². The van der Waals surface area contributed by atoms with E-state index in [-0.39, 0.29) is 5.41 Å². The Morgan fingerprint density at radius 1 is 1.25 bits per heavy atom. The molecule has 1 aliphatic rings. The summed E-state index contributed by atoms with van der Waals surface area (Å²) in [5.41, 5.74) is 1.54. The summed E-state index contributed by atoms with van der Waals surface area (Å²) in [5, 5.41) is 0. The van der Waals surface area contributed by atoms with Crippen LogP contribution < -0.4 is 4.74 Å². The fourth-order valence-corrected chi connectivity index (χ4v) is 2.11. The first-order valence-electron chi connectivity index (χ1n) is 5.86. The first kappa shape index (κ1) is 11.8. The molecule has 1 nitrogen and oxygen atoms in total. The lowest BCUT2D eigenvalue weighted by molar-refractivity contribution is 0.295. The van der Waals surface area contributed by atoms with Gasteiger partial charge in [-0.05, 0) is 42.2 Å². The predicted octanol–water partition coefficient (Wildman–Crippen LogP) is 4.25. The first-order valence-corrected chi connectivity index (χ1v) is 7.08. The zero-order valence-corrected chi connectivity index (χ0v) is 11.4. The Morgan fingerprint density at radius 3 is 2.44 bits per heavy atom. The molecule has 2 rings (SSSR count). The van der Waals surface area contributed by atoms with Gasteiger partial charge in [-0.15, -0.1) is 11.8 Å². The maximum absolute atomic E-state index is 5.96. The quantitative estimate of drug-likeness (QED) is 0.726. The van der Waals surface area contributed by atoms with Crippen LogP contribution in [0.1, 0.15) is 39.2 Å². The zero-order valence-electron chi connectivity index (χ0n) is 10.5. The van der Waals surface area contributed by atoms with Gasteiger partial charge in [-0.1, -0.05) is 26.8 Å². The molecule has 1 aromatic rings. The molecule has 0 heterocycles. The number of rotatable bonds is 3. The largest absolute Gasteiger partial charge is 0.489 e. The monoisotopic (exact) mass is 236 g/mol. The molecule has 0 saturated heterocycles. The average molecular weight is 236 g/mol. The Balaban J connectivity index is 2.29. The Kier molecular flexibility index (Phi) is 3.20. The molecule has 0 bridgehead atoms. The van der Waals surface area contributed by atoms with Crippen LogP contribution in [0.5, 0.6) is 5.75 Å². The highest BCUT2D eigenvalue weighted by Gasteiger charge is 2.25. The minimum absolute atomic E-state index is 0.193. The highest BCUT2D eigenvalue weighted by Crippen LogP contribution is 2.36. The summed E-state index contributed by atoms with van der Waals surface area (Å²) < 4.78 is 5.96. The van der Waals surface area contributed by atoms with Crippen LogP contribution in [0.3, 0.4) is 0 Å². The molecule has 0 aliphatic heterocycles. The second kappa shape index (κ2) is 4.33. The van der Waals surface area contributed by atoms with Gasteiger partial charge in [-0.2, -0.15) is 0 Å². The molecule has 1 aliphatic carbocycles. The number of ether oxygens (including phenoxy) is 1. The van der Waals surface area contributed by atoms with E-state index < -0.39 is 0 Å². The van der Waals surface area contributed by atoms with Crippen molar-refractivity contribution in [1.29, 1.82) is 0 Å². The van der Waals surface area contributed by atoms with Crippen molar-refractivity contribution < 1.29 is 4.74 Å². The summed E-state index contributed by atoms with van der Waals surface area (Å²) in [6.07, 6.45) is 5.01. The molecule has 1 saturated carbocycles. The van der Waals surface area contributed by atoms with Crippen molar-refractivity contribution in [3.8, 4) is 5.75 Å². The normalized spacial score (nSPS) is 16.2. The lowest BCUT2D eigenvalue weighted by atomic mass is 9.87. The van der Waals surface area contributed by atoms with E-state index in [0.29, 0.717) is 6.10 Å². The molecule has 1 fully saturated rings. The smallest absolute Gasteiger partial charge is 0.133 e. The maximum atomic E-state index is 5.96. The van der Waals surface area contributed by atoms with Crippen LogP contribution in [0.2, 0.25) is 0 Å². The number of benzene rings is 1. The highest BCUT2D eigenvalue weighted by molar-refractivity contribution is 7.98. The number of hydrogen-bond acceptors (Lipinski definition) is 2. The van der Waals surface area contributed by atoms with Crippen molar-refractivity contribution in [3.05, 3.63) is 23.8 Å². The Bertz CT molecular complexity index is 375. The lowest BCUT2D eigenvalue weighted by Crippen LogP contribution is -2.11. The van der Waals surface area contributed by atoms with Crippen molar-refractivity contribution in [2.45, 2.75) is 50.0 Å². The van der Waals surface area contributed by atoms with Crippen LogP contribution in [0, 0.1) is 0 Å². The van der Waals surface area contributed by atoms with Crippen LogP contribution in [-0.4, -0.2) is 12.4 Å². The van der Waals surface area contributed by atoms with Crippen LogP contribution in [0.25, 0.3) is 0 Å². The van der Waals surface area contributed by atoms with E-state index in [4.69, 9.17) is 4.74 Å². The van der Waals surface area contributed by atoms with Gasteiger partial charge in [-0.3, -0.25) is 0 Å². The molecule has 0 aromatic heterocycles. The van der Waals surface area contributed by atoms with E-state index in [1.54, 1.807) is 11.8 Å². The van der Waals surface area contributed by atoms with Gasteiger partial charge in [0.15, 0.2) is 0 Å². The van der Waals surface area contributed by atoms with E-state index in [0.717, 1.165) is 5.75 Å². The third kappa shape index (κ3) is 2.73. The molecule has 16 heavy (non-hydrogen) atoms. The molecule has 1 aromatic carbocycles. The van der Waals surface area contributed by atoms with Crippen molar-refractivity contribution in [3.63, 3.8) is 0 Å². The van der Waals surface area contributed by atoms with E-state index in [2.05, 4.69) is 45.2 Å². The molecule has 2 heteroatoms. The van der Waals surface area contributed by atoms with Gasteiger partial charge >= 0.3 is 0 Å². The molecular weight excluding hydrogens is 216 g/mol. The van der Waals surface area contributed by atoms with Crippen LogP contribution in [-0.2, 0) is 5.41 Å². The van der Waals surface area contributed by atoms with Gasteiger partial charge in [0.2, 0.25) is 0 Å². The first-order chi connectivity index (χ1) is 7.50.